The minimum atomic E-state index is -3.04. The van der Waals surface area contributed by atoms with Crippen LogP contribution in [0.4, 0.5) is 25.0 Å². The number of rotatable bonds is 8. The Bertz CT molecular complexity index is 1400. The van der Waals surface area contributed by atoms with Gasteiger partial charge in [-0.05, 0) is 37.1 Å². The average Bonchev–Trinajstić information content (AvgIpc) is 3.21. The first kappa shape index (κ1) is 27.3. The molecule has 1 aliphatic rings. The predicted molar refractivity (Wildman–Crippen MR) is 130 cm³/mol. The number of nitrogens with zero attached hydrogens (tertiary/aromatic N) is 6. The van der Waals surface area contributed by atoms with Gasteiger partial charge in [-0.15, -0.1) is 5.10 Å². The summed E-state index contributed by atoms with van der Waals surface area (Å²) in [6, 6.07) is 8.06. The number of alkyl halides is 2. The van der Waals surface area contributed by atoms with Crippen molar-refractivity contribution in [2.75, 3.05) is 18.0 Å². The van der Waals surface area contributed by atoms with Gasteiger partial charge in [0.1, 0.15) is 23.7 Å². The van der Waals surface area contributed by atoms with Crippen molar-refractivity contribution in [1.29, 1.82) is 0 Å². The van der Waals surface area contributed by atoms with Crippen molar-refractivity contribution < 1.29 is 37.9 Å². The number of carbonyl (C=O) groups excluding carboxylic acids is 1. The zero-order chi connectivity index (χ0) is 28.3. The van der Waals surface area contributed by atoms with Crippen LogP contribution in [0.25, 0.3) is 11.4 Å². The molecule has 1 atom stereocenters. The van der Waals surface area contributed by atoms with Gasteiger partial charge in [0.05, 0.1) is 35.0 Å². The molecule has 0 saturated carbocycles. The maximum atomic E-state index is 14.4. The van der Waals surface area contributed by atoms with Crippen molar-refractivity contribution >= 4 is 23.5 Å². The number of benzene rings is 1. The van der Waals surface area contributed by atoms with Gasteiger partial charge in [0.15, 0.2) is 0 Å². The summed E-state index contributed by atoms with van der Waals surface area (Å²) < 4.78 is 40.3. The van der Waals surface area contributed by atoms with E-state index in [4.69, 9.17) is 14.6 Å². The zero-order valence-electron chi connectivity index (χ0n) is 20.9. The number of non-ortho nitro benzene ring substituents is 1. The van der Waals surface area contributed by atoms with Crippen molar-refractivity contribution in [3.8, 4) is 17.1 Å². The second-order valence-electron chi connectivity index (χ2n) is 9.11. The number of anilines is 1. The monoisotopic (exact) mass is 546 g/mol. The van der Waals surface area contributed by atoms with E-state index in [-0.39, 0.29) is 31.0 Å². The summed E-state index contributed by atoms with van der Waals surface area (Å²) in [5.74, 6) is -4.82. The third-order valence-corrected chi connectivity index (χ3v) is 6.11. The third-order valence-electron chi connectivity index (χ3n) is 6.11. The number of ether oxygens (including phenoxy) is 2. The molecule has 1 saturated heterocycles. The first-order chi connectivity index (χ1) is 18.4. The number of piperidine rings is 1. The lowest BCUT2D eigenvalue weighted by Crippen LogP contribution is -2.48. The highest BCUT2D eigenvalue weighted by Crippen LogP contribution is 2.36. The zero-order valence-corrected chi connectivity index (χ0v) is 20.9. The van der Waals surface area contributed by atoms with E-state index < -0.39 is 41.9 Å². The van der Waals surface area contributed by atoms with Gasteiger partial charge < -0.3 is 19.5 Å². The molecule has 2 aromatic heterocycles. The van der Waals surface area contributed by atoms with Crippen LogP contribution in [0.1, 0.15) is 24.2 Å². The van der Waals surface area contributed by atoms with E-state index in [2.05, 4.69) is 15.3 Å². The van der Waals surface area contributed by atoms with Gasteiger partial charge in [0.2, 0.25) is 0 Å². The fourth-order valence-corrected chi connectivity index (χ4v) is 4.42. The van der Waals surface area contributed by atoms with Gasteiger partial charge in [-0.2, -0.15) is 0 Å². The van der Waals surface area contributed by atoms with Crippen LogP contribution in [0.2, 0.25) is 0 Å². The smallest absolute Gasteiger partial charge is 0.481 e. The van der Waals surface area contributed by atoms with E-state index in [1.165, 1.54) is 33.8 Å². The van der Waals surface area contributed by atoms with Crippen molar-refractivity contribution in [3.63, 3.8) is 0 Å². The lowest BCUT2D eigenvalue weighted by atomic mass is 9.92. The van der Waals surface area contributed by atoms with Gasteiger partial charge in [-0.1, -0.05) is 5.21 Å². The molecule has 0 radical (unpaired) electrons. The molecule has 1 N–H and O–H groups in total. The number of pyridine rings is 1. The number of aromatic nitrogens is 4. The molecule has 3 heterocycles. The maximum absolute atomic E-state index is 14.4. The minimum Gasteiger partial charge on any atom is -0.481 e. The van der Waals surface area contributed by atoms with Gasteiger partial charge in [-0.3, -0.25) is 14.9 Å². The van der Waals surface area contributed by atoms with E-state index in [0.29, 0.717) is 28.5 Å². The minimum absolute atomic E-state index is 0.0516. The molecule has 1 aliphatic heterocycles. The Labute approximate surface area is 220 Å². The standard InChI is InChI=1S/C24H24F2N6O7/c1-14-19(31-11-15(9-21(33)34)10-24(25,26)13-31)8-7-18(27-14)22-20(30(2)29-28-22)12-38-23(35)39-17-5-3-16(4-6-17)32(36)37/h3-8,15H,9-13H2,1-2H3,(H,33,34)/t15-/m0/s1. The summed E-state index contributed by atoms with van der Waals surface area (Å²) in [4.78, 5) is 39.4. The number of halogens is 2. The molecular weight excluding hydrogens is 522 g/mol. The summed E-state index contributed by atoms with van der Waals surface area (Å²) in [5, 5.41) is 27.8. The highest BCUT2D eigenvalue weighted by Gasteiger charge is 2.41. The van der Waals surface area contributed by atoms with Crippen molar-refractivity contribution in [3.05, 3.63) is 57.9 Å². The summed E-state index contributed by atoms with van der Waals surface area (Å²) in [6.45, 7) is 0.963. The molecule has 15 heteroatoms. The maximum Gasteiger partial charge on any atom is 0.514 e. The van der Waals surface area contributed by atoms with Gasteiger partial charge in [0, 0.05) is 32.1 Å². The number of carbonyl (C=O) groups is 2. The van der Waals surface area contributed by atoms with Crippen LogP contribution in [0.15, 0.2) is 36.4 Å². The Morgan fingerprint density at radius 3 is 2.59 bits per heavy atom. The van der Waals surface area contributed by atoms with Crippen LogP contribution in [-0.4, -0.2) is 61.1 Å². The molecule has 0 aliphatic carbocycles. The summed E-state index contributed by atoms with van der Waals surface area (Å²) in [7, 11) is 1.58. The summed E-state index contributed by atoms with van der Waals surface area (Å²) in [6.07, 6.45) is -1.90. The fourth-order valence-electron chi connectivity index (χ4n) is 4.42. The highest BCUT2D eigenvalue weighted by atomic mass is 19.3. The molecule has 0 bridgehead atoms. The van der Waals surface area contributed by atoms with Crippen LogP contribution in [-0.2, 0) is 23.2 Å². The molecule has 0 spiro atoms. The number of aryl methyl sites for hydroxylation is 2. The molecular formula is C24H24F2N6O7. The molecule has 1 fully saturated rings. The normalized spacial score (nSPS) is 16.5. The number of aliphatic carboxylic acids is 1. The molecule has 1 aromatic carbocycles. The number of carboxylic acids is 1. The summed E-state index contributed by atoms with van der Waals surface area (Å²) >= 11 is 0. The van der Waals surface area contributed by atoms with Crippen LogP contribution >= 0.6 is 0 Å². The molecule has 13 nitrogen and oxygen atoms in total. The Kier molecular flexibility index (Phi) is 7.69. The van der Waals surface area contributed by atoms with Crippen molar-refractivity contribution in [2.45, 2.75) is 32.3 Å². The van der Waals surface area contributed by atoms with Gasteiger partial charge in [0.25, 0.3) is 11.6 Å². The molecule has 0 unspecified atom stereocenters. The Hall–Kier alpha value is -4.69. The lowest BCUT2D eigenvalue weighted by molar-refractivity contribution is -0.384. The van der Waals surface area contributed by atoms with Crippen LogP contribution in [0, 0.1) is 23.0 Å². The molecule has 0 amide bonds. The third kappa shape index (κ3) is 6.61. The average molecular weight is 546 g/mol. The molecule has 206 valence electrons. The predicted octanol–water partition coefficient (Wildman–Crippen LogP) is 3.75. The Morgan fingerprint density at radius 1 is 1.23 bits per heavy atom. The van der Waals surface area contributed by atoms with Crippen LogP contribution in [0.3, 0.4) is 0 Å². The highest BCUT2D eigenvalue weighted by molar-refractivity contribution is 5.68. The van der Waals surface area contributed by atoms with Crippen molar-refractivity contribution in [2.24, 2.45) is 13.0 Å². The largest absolute Gasteiger partial charge is 0.514 e. The van der Waals surface area contributed by atoms with Crippen LogP contribution < -0.4 is 9.64 Å². The number of carboxylic acid groups (broad SMARTS) is 1. The Balaban J connectivity index is 1.46. The SMILES string of the molecule is Cc1nc(-c2nnn(C)c2COC(=O)Oc2ccc([N+](=O)[O-])cc2)ccc1N1C[C@@H](CC(=O)O)CC(F)(F)C1. The van der Waals surface area contributed by atoms with Gasteiger partial charge >= 0.3 is 12.1 Å². The van der Waals surface area contributed by atoms with E-state index in [0.717, 1.165) is 0 Å². The van der Waals surface area contributed by atoms with E-state index in [9.17, 15) is 28.5 Å². The van der Waals surface area contributed by atoms with E-state index >= 15 is 0 Å². The van der Waals surface area contributed by atoms with Crippen molar-refractivity contribution in [1.82, 2.24) is 20.0 Å². The molecule has 3 aromatic rings. The number of nitro groups is 1. The number of hydrogen-bond acceptors (Lipinski definition) is 10. The number of hydrogen-bond donors (Lipinski definition) is 1. The van der Waals surface area contributed by atoms with Crippen LogP contribution in [0.5, 0.6) is 5.75 Å². The summed E-state index contributed by atoms with van der Waals surface area (Å²) in [5.41, 5.74) is 1.74. The second-order valence-corrected chi connectivity index (χ2v) is 9.11. The number of nitro benzene ring substituents is 1. The van der Waals surface area contributed by atoms with E-state index in [1.54, 1.807) is 26.1 Å². The lowest BCUT2D eigenvalue weighted by Gasteiger charge is -2.39. The topological polar surface area (TPSA) is 163 Å². The first-order valence-electron chi connectivity index (χ1n) is 11.7. The van der Waals surface area contributed by atoms with E-state index in [1.807, 2.05) is 0 Å². The Morgan fingerprint density at radius 2 is 1.95 bits per heavy atom. The second kappa shape index (κ2) is 11.0. The fraction of sp³-hybridized carbons (Fsp3) is 0.375. The molecule has 39 heavy (non-hydrogen) atoms. The quantitative estimate of drug-likeness (QED) is 0.189. The van der Waals surface area contributed by atoms with Gasteiger partial charge in [-0.25, -0.2) is 23.2 Å². The first-order valence-corrected chi connectivity index (χ1v) is 11.7. The molecule has 4 rings (SSSR count).